The van der Waals surface area contributed by atoms with Crippen LogP contribution in [-0.4, -0.2) is 29.7 Å². The Hall–Kier alpha value is -1.16. The lowest BCUT2D eigenvalue weighted by Gasteiger charge is -2.14. The molecule has 0 aromatic carbocycles. The van der Waals surface area contributed by atoms with Crippen LogP contribution in [0, 0.1) is 6.92 Å². The van der Waals surface area contributed by atoms with Crippen molar-refractivity contribution in [3.8, 4) is 0 Å². The van der Waals surface area contributed by atoms with Crippen LogP contribution in [-0.2, 0) is 17.6 Å². The van der Waals surface area contributed by atoms with E-state index in [2.05, 4.69) is 29.1 Å². The number of nitrogens with zero attached hydrogens (tertiary/aromatic N) is 2. The zero-order valence-electron chi connectivity index (χ0n) is 11.5. The molecule has 0 amide bonds. The van der Waals surface area contributed by atoms with Crippen molar-refractivity contribution in [1.82, 2.24) is 9.97 Å². The lowest BCUT2D eigenvalue weighted by atomic mass is 10.1. The summed E-state index contributed by atoms with van der Waals surface area (Å²) < 4.78 is 5.25. The zero-order chi connectivity index (χ0) is 12.8. The van der Waals surface area contributed by atoms with E-state index in [1.807, 2.05) is 13.8 Å². The van der Waals surface area contributed by atoms with Crippen LogP contribution >= 0.6 is 0 Å². The molecule has 96 valence electrons. The fourth-order valence-corrected chi connectivity index (χ4v) is 1.82. The van der Waals surface area contributed by atoms with Crippen molar-refractivity contribution in [1.29, 1.82) is 0 Å². The van der Waals surface area contributed by atoms with Crippen molar-refractivity contribution in [3.05, 3.63) is 17.1 Å². The normalized spacial score (nSPS) is 12.5. The average molecular weight is 237 g/mol. The maximum Gasteiger partial charge on any atom is 0.133 e. The molecule has 0 radical (unpaired) electrons. The van der Waals surface area contributed by atoms with Gasteiger partial charge in [0.25, 0.3) is 0 Å². The molecule has 17 heavy (non-hydrogen) atoms. The molecular weight excluding hydrogens is 214 g/mol. The number of hydrogen-bond donors (Lipinski definition) is 1. The lowest BCUT2D eigenvalue weighted by molar-refractivity contribution is 0.117. The predicted molar refractivity (Wildman–Crippen MR) is 70.5 cm³/mol. The number of rotatable bonds is 6. The van der Waals surface area contributed by atoms with Gasteiger partial charge >= 0.3 is 0 Å². The van der Waals surface area contributed by atoms with Crippen molar-refractivity contribution >= 4 is 5.82 Å². The molecule has 0 fully saturated rings. The molecule has 4 heteroatoms. The summed E-state index contributed by atoms with van der Waals surface area (Å²) in [7, 11) is 1.71. The first-order chi connectivity index (χ1) is 8.12. The van der Waals surface area contributed by atoms with Crippen LogP contribution in [0.1, 0.15) is 37.9 Å². The minimum absolute atomic E-state index is 0.149. The van der Waals surface area contributed by atoms with Crippen LogP contribution in [0.25, 0.3) is 0 Å². The first-order valence-electron chi connectivity index (χ1n) is 6.25. The van der Waals surface area contributed by atoms with Gasteiger partial charge in [0.15, 0.2) is 0 Å². The molecule has 0 aliphatic heterocycles. The highest BCUT2D eigenvalue weighted by Crippen LogP contribution is 2.17. The molecule has 4 nitrogen and oxygen atoms in total. The second-order valence-corrected chi connectivity index (χ2v) is 4.19. The molecule has 1 heterocycles. The van der Waals surface area contributed by atoms with Gasteiger partial charge in [-0.3, -0.25) is 0 Å². The Balaban J connectivity index is 3.01. The minimum Gasteiger partial charge on any atom is -0.381 e. The van der Waals surface area contributed by atoms with E-state index >= 15 is 0 Å². The maximum atomic E-state index is 5.25. The van der Waals surface area contributed by atoms with E-state index in [4.69, 9.17) is 4.74 Å². The van der Waals surface area contributed by atoms with E-state index in [1.54, 1.807) is 7.11 Å². The van der Waals surface area contributed by atoms with Gasteiger partial charge in [0, 0.05) is 31.3 Å². The maximum absolute atomic E-state index is 5.25. The molecule has 0 bridgehead atoms. The van der Waals surface area contributed by atoms with Gasteiger partial charge in [-0.2, -0.15) is 0 Å². The molecule has 0 spiro atoms. The van der Waals surface area contributed by atoms with Gasteiger partial charge in [-0.15, -0.1) is 0 Å². The topological polar surface area (TPSA) is 47.0 Å². The van der Waals surface area contributed by atoms with E-state index in [-0.39, 0.29) is 6.10 Å². The highest BCUT2D eigenvalue weighted by Gasteiger charge is 2.11. The second-order valence-electron chi connectivity index (χ2n) is 4.19. The summed E-state index contributed by atoms with van der Waals surface area (Å²) in [6.07, 6.45) is 1.85. The summed E-state index contributed by atoms with van der Waals surface area (Å²) in [5, 5.41) is 3.31. The fourth-order valence-electron chi connectivity index (χ4n) is 1.82. The Bertz CT molecular complexity index is 366. The van der Waals surface area contributed by atoms with Gasteiger partial charge in [-0.1, -0.05) is 6.92 Å². The van der Waals surface area contributed by atoms with Crippen molar-refractivity contribution < 1.29 is 4.74 Å². The summed E-state index contributed by atoms with van der Waals surface area (Å²) >= 11 is 0. The largest absolute Gasteiger partial charge is 0.381 e. The Kier molecular flexibility index (Phi) is 5.35. The summed E-state index contributed by atoms with van der Waals surface area (Å²) in [4.78, 5) is 9.12. The standard InChI is InChI=1S/C13H23N3O/c1-6-11-10(4)15-12(8-9(3)17-5)16-13(11)14-7-2/h9H,6-8H2,1-5H3,(H,14,15,16). The lowest BCUT2D eigenvalue weighted by Crippen LogP contribution is -2.15. The zero-order valence-corrected chi connectivity index (χ0v) is 11.5. The molecule has 1 aromatic rings. The summed E-state index contributed by atoms with van der Waals surface area (Å²) in [6.45, 7) is 9.16. The van der Waals surface area contributed by atoms with Crippen molar-refractivity contribution in [2.45, 2.75) is 46.6 Å². The van der Waals surface area contributed by atoms with Crippen molar-refractivity contribution in [2.24, 2.45) is 0 Å². The van der Waals surface area contributed by atoms with Crippen LogP contribution < -0.4 is 5.32 Å². The van der Waals surface area contributed by atoms with Crippen LogP contribution in [0.3, 0.4) is 0 Å². The van der Waals surface area contributed by atoms with E-state index in [0.717, 1.165) is 36.7 Å². The van der Waals surface area contributed by atoms with E-state index < -0.39 is 0 Å². The van der Waals surface area contributed by atoms with Gasteiger partial charge < -0.3 is 10.1 Å². The Morgan fingerprint density at radius 2 is 2.00 bits per heavy atom. The average Bonchev–Trinajstić information content (AvgIpc) is 2.29. The number of nitrogens with one attached hydrogen (secondary N) is 1. The first-order valence-corrected chi connectivity index (χ1v) is 6.25. The van der Waals surface area contributed by atoms with Gasteiger partial charge in [0.2, 0.25) is 0 Å². The number of methoxy groups -OCH3 is 1. The van der Waals surface area contributed by atoms with Gasteiger partial charge in [0.1, 0.15) is 11.6 Å². The first kappa shape index (κ1) is 13.9. The summed E-state index contributed by atoms with van der Waals surface area (Å²) in [5.41, 5.74) is 2.28. The summed E-state index contributed by atoms with van der Waals surface area (Å²) in [5.74, 6) is 1.82. The van der Waals surface area contributed by atoms with E-state index in [1.165, 1.54) is 5.56 Å². The minimum atomic E-state index is 0.149. The number of ether oxygens (including phenoxy) is 1. The van der Waals surface area contributed by atoms with Crippen molar-refractivity contribution in [3.63, 3.8) is 0 Å². The number of hydrogen-bond acceptors (Lipinski definition) is 4. The highest BCUT2D eigenvalue weighted by molar-refractivity contribution is 5.46. The SMILES string of the molecule is CCNc1nc(CC(C)OC)nc(C)c1CC. The van der Waals surface area contributed by atoms with Gasteiger partial charge in [-0.25, -0.2) is 9.97 Å². The quantitative estimate of drug-likeness (QED) is 0.825. The second kappa shape index (κ2) is 6.55. The molecule has 1 aromatic heterocycles. The smallest absolute Gasteiger partial charge is 0.133 e. The van der Waals surface area contributed by atoms with Crippen LogP contribution in [0.5, 0.6) is 0 Å². The third-order valence-corrected chi connectivity index (χ3v) is 2.83. The Morgan fingerprint density at radius 3 is 2.53 bits per heavy atom. The molecule has 0 saturated heterocycles. The molecular formula is C13H23N3O. The van der Waals surface area contributed by atoms with Gasteiger partial charge in [-0.05, 0) is 27.2 Å². The van der Waals surface area contributed by atoms with E-state index in [0.29, 0.717) is 0 Å². The van der Waals surface area contributed by atoms with Crippen LogP contribution in [0.4, 0.5) is 5.82 Å². The molecule has 0 saturated carbocycles. The molecule has 0 aliphatic rings. The molecule has 1 rings (SSSR count). The Morgan fingerprint density at radius 1 is 1.29 bits per heavy atom. The summed E-state index contributed by atoms with van der Waals surface area (Å²) in [6, 6.07) is 0. The highest BCUT2D eigenvalue weighted by atomic mass is 16.5. The molecule has 1 N–H and O–H groups in total. The number of anilines is 1. The predicted octanol–water partition coefficient (Wildman–Crippen LogP) is 2.36. The Labute approximate surface area is 104 Å². The molecule has 1 atom stereocenters. The third kappa shape index (κ3) is 3.66. The van der Waals surface area contributed by atoms with Gasteiger partial charge in [0.05, 0.1) is 6.10 Å². The van der Waals surface area contributed by atoms with E-state index in [9.17, 15) is 0 Å². The van der Waals surface area contributed by atoms with Crippen LogP contribution in [0.15, 0.2) is 0 Å². The number of aryl methyl sites for hydroxylation is 1. The number of aromatic nitrogens is 2. The molecule has 1 unspecified atom stereocenters. The fraction of sp³-hybridized carbons (Fsp3) is 0.692. The third-order valence-electron chi connectivity index (χ3n) is 2.83. The molecule has 0 aliphatic carbocycles. The monoisotopic (exact) mass is 237 g/mol. The van der Waals surface area contributed by atoms with Crippen LogP contribution in [0.2, 0.25) is 0 Å². The van der Waals surface area contributed by atoms with Crippen molar-refractivity contribution in [2.75, 3.05) is 19.0 Å².